The Morgan fingerprint density at radius 3 is 2.41 bits per heavy atom. The molecule has 1 saturated carbocycles. The Morgan fingerprint density at radius 2 is 1.72 bits per heavy atom. The standard InChI is InChI=1S/C22H28ClN3O5S/c1-30-20-12-11-16(13-21(20)31-2)32(28,29)26-19-10-6-5-9-18(19)25-22(27)24-14-15-7-3-4-8-17(15)23/h3-4,7-8,11-13,18-19,26H,5-6,9-10,14H2,1-2H3,(H2,24,25,27). The van der Waals surface area contributed by atoms with Gasteiger partial charge in [-0.1, -0.05) is 42.6 Å². The van der Waals surface area contributed by atoms with Crippen LogP contribution >= 0.6 is 11.6 Å². The minimum atomic E-state index is -3.82. The number of amides is 2. The zero-order valence-corrected chi connectivity index (χ0v) is 19.6. The molecule has 3 rings (SSSR count). The van der Waals surface area contributed by atoms with Crippen LogP contribution in [0.1, 0.15) is 31.2 Å². The SMILES string of the molecule is COc1ccc(S(=O)(=O)NC2CCCCC2NC(=O)NCc2ccccc2Cl)cc1OC. The van der Waals surface area contributed by atoms with Crippen molar-refractivity contribution in [3.8, 4) is 11.5 Å². The van der Waals surface area contributed by atoms with E-state index in [1.807, 2.05) is 18.2 Å². The Hall–Kier alpha value is -2.49. The summed E-state index contributed by atoms with van der Waals surface area (Å²) >= 11 is 6.13. The molecule has 0 saturated heterocycles. The highest BCUT2D eigenvalue weighted by atomic mass is 35.5. The monoisotopic (exact) mass is 481 g/mol. The van der Waals surface area contributed by atoms with Gasteiger partial charge in [-0.3, -0.25) is 0 Å². The van der Waals surface area contributed by atoms with Gasteiger partial charge in [0.05, 0.1) is 19.1 Å². The van der Waals surface area contributed by atoms with E-state index in [1.54, 1.807) is 12.1 Å². The van der Waals surface area contributed by atoms with Crippen LogP contribution in [0, 0.1) is 0 Å². The van der Waals surface area contributed by atoms with Crippen molar-refractivity contribution >= 4 is 27.7 Å². The van der Waals surface area contributed by atoms with Gasteiger partial charge in [-0.2, -0.15) is 0 Å². The second-order valence-electron chi connectivity index (χ2n) is 7.55. The maximum Gasteiger partial charge on any atom is 0.315 e. The summed E-state index contributed by atoms with van der Waals surface area (Å²) in [6.45, 7) is 0.278. The lowest BCUT2D eigenvalue weighted by molar-refractivity contribution is 0.227. The van der Waals surface area contributed by atoms with Gasteiger partial charge in [0.2, 0.25) is 10.0 Å². The number of urea groups is 1. The summed E-state index contributed by atoms with van der Waals surface area (Å²) in [5.41, 5.74) is 0.804. The van der Waals surface area contributed by atoms with E-state index in [9.17, 15) is 13.2 Å². The number of nitrogens with one attached hydrogen (secondary N) is 3. The molecule has 0 radical (unpaired) electrons. The number of rotatable bonds is 8. The van der Waals surface area contributed by atoms with Crippen molar-refractivity contribution < 1.29 is 22.7 Å². The molecule has 0 spiro atoms. The molecule has 174 valence electrons. The average molecular weight is 482 g/mol. The fourth-order valence-electron chi connectivity index (χ4n) is 3.73. The predicted molar refractivity (Wildman–Crippen MR) is 123 cm³/mol. The summed E-state index contributed by atoms with van der Waals surface area (Å²) in [6, 6.07) is 10.6. The Morgan fingerprint density at radius 1 is 1.03 bits per heavy atom. The molecule has 0 heterocycles. The number of carbonyl (C=O) groups excluding carboxylic acids is 1. The molecule has 10 heteroatoms. The van der Waals surface area contributed by atoms with Crippen molar-refractivity contribution in [1.82, 2.24) is 15.4 Å². The van der Waals surface area contributed by atoms with Gasteiger partial charge < -0.3 is 20.1 Å². The lowest BCUT2D eigenvalue weighted by Crippen LogP contribution is -2.54. The summed E-state index contributed by atoms with van der Waals surface area (Å²) in [6.07, 6.45) is 3.09. The molecule has 2 aromatic carbocycles. The molecular formula is C22H28ClN3O5S. The summed E-state index contributed by atoms with van der Waals surface area (Å²) in [4.78, 5) is 12.5. The Kier molecular flexibility index (Phi) is 8.22. The van der Waals surface area contributed by atoms with Gasteiger partial charge in [0.25, 0.3) is 0 Å². The molecule has 2 atom stereocenters. The van der Waals surface area contributed by atoms with Crippen LogP contribution in [-0.2, 0) is 16.6 Å². The highest BCUT2D eigenvalue weighted by Crippen LogP contribution is 2.30. The molecule has 1 aliphatic carbocycles. The molecule has 8 nitrogen and oxygen atoms in total. The first-order chi connectivity index (χ1) is 15.3. The largest absolute Gasteiger partial charge is 0.493 e. The first-order valence-corrected chi connectivity index (χ1v) is 12.2. The number of ether oxygens (including phenoxy) is 2. The van der Waals surface area contributed by atoms with E-state index in [0.29, 0.717) is 29.4 Å². The topological polar surface area (TPSA) is 106 Å². The van der Waals surface area contributed by atoms with Crippen molar-refractivity contribution in [3.63, 3.8) is 0 Å². The van der Waals surface area contributed by atoms with Crippen LogP contribution in [0.4, 0.5) is 4.79 Å². The molecule has 0 bridgehead atoms. The fraction of sp³-hybridized carbons (Fsp3) is 0.409. The van der Waals surface area contributed by atoms with Crippen molar-refractivity contribution in [2.24, 2.45) is 0 Å². The molecule has 0 aromatic heterocycles. The summed E-state index contributed by atoms with van der Waals surface area (Å²) < 4.78 is 39.1. The number of carbonyl (C=O) groups is 1. The van der Waals surface area contributed by atoms with Crippen molar-refractivity contribution in [1.29, 1.82) is 0 Å². The van der Waals surface area contributed by atoms with Crippen molar-refractivity contribution in [3.05, 3.63) is 53.1 Å². The van der Waals surface area contributed by atoms with Gasteiger partial charge in [-0.15, -0.1) is 0 Å². The number of methoxy groups -OCH3 is 2. The number of hydrogen-bond acceptors (Lipinski definition) is 5. The number of halogens is 1. The fourth-order valence-corrected chi connectivity index (χ4v) is 5.26. The third kappa shape index (κ3) is 6.05. The second kappa shape index (κ2) is 10.9. The molecule has 2 amide bonds. The third-order valence-corrected chi connectivity index (χ3v) is 7.31. The minimum Gasteiger partial charge on any atom is -0.493 e. The van der Waals surface area contributed by atoms with Crippen molar-refractivity contribution in [2.75, 3.05) is 14.2 Å². The van der Waals surface area contributed by atoms with E-state index >= 15 is 0 Å². The van der Waals surface area contributed by atoms with Crippen LogP contribution in [-0.4, -0.2) is 40.8 Å². The average Bonchev–Trinajstić information content (AvgIpc) is 2.79. The highest BCUT2D eigenvalue weighted by Gasteiger charge is 2.31. The van der Waals surface area contributed by atoms with E-state index in [-0.39, 0.29) is 23.5 Å². The molecule has 2 aromatic rings. The van der Waals surface area contributed by atoms with Crippen LogP contribution in [0.2, 0.25) is 5.02 Å². The predicted octanol–water partition coefficient (Wildman–Crippen LogP) is 3.45. The minimum absolute atomic E-state index is 0.0719. The van der Waals surface area contributed by atoms with Crippen LogP contribution in [0.25, 0.3) is 0 Å². The third-order valence-electron chi connectivity index (χ3n) is 5.45. The number of benzene rings is 2. The van der Waals surface area contributed by atoms with Crippen LogP contribution in [0.5, 0.6) is 11.5 Å². The number of hydrogen-bond donors (Lipinski definition) is 3. The first-order valence-electron chi connectivity index (χ1n) is 10.4. The van der Waals surface area contributed by atoms with Gasteiger partial charge in [0.1, 0.15) is 0 Å². The lowest BCUT2D eigenvalue weighted by Gasteiger charge is -2.32. The van der Waals surface area contributed by atoms with E-state index in [4.69, 9.17) is 21.1 Å². The van der Waals surface area contributed by atoms with Crippen molar-refractivity contribution in [2.45, 2.75) is 49.2 Å². The molecule has 3 N–H and O–H groups in total. The Labute approximate surface area is 193 Å². The Bertz CT molecular complexity index is 1050. The second-order valence-corrected chi connectivity index (χ2v) is 9.68. The quantitative estimate of drug-likeness (QED) is 0.535. The van der Waals surface area contributed by atoms with E-state index in [1.165, 1.54) is 26.4 Å². The molecule has 1 aliphatic rings. The van der Waals surface area contributed by atoms with Crippen LogP contribution < -0.4 is 24.8 Å². The zero-order valence-electron chi connectivity index (χ0n) is 18.1. The van der Waals surface area contributed by atoms with Gasteiger partial charge >= 0.3 is 6.03 Å². The Balaban J connectivity index is 1.65. The molecule has 0 aliphatic heterocycles. The van der Waals surface area contributed by atoms with Crippen LogP contribution in [0.3, 0.4) is 0 Å². The number of sulfonamides is 1. The van der Waals surface area contributed by atoms with Gasteiger partial charge in [0, 0.05) is 29.7 Å². The van der Waals surface area contributed by atoms with E-state index in [2.05, 4.69) is 15.4 Å². The zero-order chi connectivity index (χ0) is 23.1. The summed E-state index contributed by atoms with van der Waals surface area (Å²) in [5, 5.41) is 6.27. The lowest BCUT2D eigenvalue weighted by atomic mass is 9.91. The summed E-state index contributed by atoms with van der Waals surface area (Å²) in [5.74, 6) is 0.770. The van der Waals surface area contributed by atoms with E-state index < -0.39 is 16.1 Å². The van der Waals surface area contributed by atoms with Crippen LogP contribution in [0.15, 0.2) is 47.4 Å². The van der Waals surface area contributed by atoms with Gasteiger partial charge in [-0.25, -0.2) is 17.9 Å². The first kappa shape index (κ1) is 24.2. The maximum absolute atomic E-state index is 13.0. The summed E-state index contributed by atoms with van der Waals surface area (Å²) in [7, 11) is -0.888. The molecule has 1 fully saturated rings. The maximum atomic E-state index is 13.0. The van der Waals surface area contributed by atoms with Gasteiger partial charge in [0.15, 0.2) is 11.5 Å². The molecule has 32 heavy (non-hydrogen) atoms. The van der Waals surface area contributed by atoms with Gasteiger partial charge in [-0.05, 0) is 36.6 Å². The molecular weight excluding hydrogens is 454 g/mol. The smallest absolute Gasteiger partial charge is 0.315 e. The normalized spacial score (nSPS) is 18.6. The highest BCUT2D eigenvalue weighted by molar-refractivity contribution is 7.89. The molecule has 2 unspecified atom stereocenters. The van der Waals surface area contributed by atoms with E-state index in [0.717, 1.165) is 18.4 Å².